The maximum atomic E-state index is 12.6. The first-order valence-electron chi connectivity index (χ1n) is 8.56. The molecule has 1 saturated heterocycles. The second kappa shape index (κ2) is 7.90. The van der Waals surface area contributed by atoms with Gasteiger partial charge < -0.3 is 25.3 Å². The molecule has 138 valence electrons. The van der Waals surface area contributed by atoms with Crippen LogP contribution in [0, 0.1) is 0 Å². The second-order valence-electron chi connectivity index (χ2n) is 6.32. The fraction of sp³-hybridized carbons (Fsp3) is 0.389. The van der Waals surface area contributed by atoms with E-state index in [0.717, 1.165) is 24.4 Å². The maximum absolute atomic E-state index is 12.6. The van der Waals surface area contributed by atoms with Crippen LogP contribution in [0.5, 0.6) is 5.75 Å². The molecule has 2 heterocycles. The van der Waals surface area contributed by atoms with Gasteiger partial charge in [0.25, 0.3) is 0 Å². The van der Waals surface area contributed by atoms with Crippen LogP contribution in [0.2, 0.25) is 0 Å². The van der Waals surface area contributed by atoms with Crippen LogP contribution in [0.15, 0.2) is 36.7 Å². The first kappa shape index (κ1) is 17.8. The number of ether oxygens (including phenoxy) is 1. The summed E-state index contributed by atoms with van der Waals surface area (Å²) in [5.41, 5.74) is 6.01. The Morgan fingerprint density at radius 2 is 2.12 bits per heavy atom. The number of nitrogens with one attached hydrogen (secondary N) is 1. The van der Waals surface area contributed by atoms with Crippen molar-refractivity contribution in [2.45, 2.75) is 25.3 Å². The summed E-state index contributed by atoms with van der Waals surface area (Å²) in [5.74, 6) is 1.21. The van der Waals surface area contributed by atoms with Crippen LogP contribution in [0.3, 0.4) is 0 Å². The zero-order chi connectivity index (χ0) is 18.5. The molecule has 0 unspecified atom stereocenters. The van der Waals surface area contributed by atoms with E-state index in [4.69, 9.17) is 10.5 Å². The average Bonchev–Trinajstić information content (AvgIpc) is 3.10. The van der Waals surface area contributed by atoms with E-state index in [9.17, 15) is 9.59 Å². The van der Waals surface area contributed by atoms with Gasteiger partial charge in [-0.1, -0.05) is 0 Å². The van der Waals surface area contributed by atoms with Crippen LogP contribution >= 0.6 is 0 Å². The molecule has 1 aromatic carbocycles. The molecule has 1 atom stereocenters. The number of amides is 3. The molecule has 1 aliphatic heterocycles. The summed E-state index contributed by atoms with van der Waals surface area (Å²) in [6.07, 6.45) is 5.21. The highest BCUT2D eigenvalue weighted by Gasteiger charge is 2.27. The molecule has 1 aliphatic rings. The highest BCUT2D eigenvalue weighted by Crippen LogP contribution is 2.26. The van der Waals surface area contributed by atoms with Crippen molar-refractivity contribution in [3.05, 3.63) is 42.5 Å². The van der Waals surface area contributed by atoms with Crippen molar-refractivity contribution < 1.29 is 14.3 Å². The number of likely N-dealkylation sites (tertiary alicyclic amines) is 1. The van der Waals surface area contributed by atoms with Crippen molar-refractivity contribution in [2.75, 3.05) is 25.5 Å². The van der Waals surface area contributed by atoms with Crippen molar-refractivity contribution in [2.24, 2.45) is 5.73 Å². The number of rotatable bonds is 5. The molecule has 0 saturated carbocycles. The molecule has 0 radical (unpaired) electrons. The van der Waals surface area contributed by atoms with Crippen LogP contribution in [-0.4, -0.2) is 46.6 Å². The average molecular weight is 357 g/mol. The quantitative estimate of drug-likeness (QED) is 0.851. The van der Waals surface area contributed by atoms with Crippen LogP contribution in [0.4, 0.5) is 10.5 Å². The zero-order valence-corrected chi connectivity index (χ0v) is 14.7. The van der Waals surface area contributed by atoms with Crippen molar-refractivity contribution in [3.63, 3.8) is 0 Å². The lowest BCUT2D eigenvalue weighted by Gasteiger charge is -2.32. The number of imidazole rings is 1. The molecule has 2 aromatic rings. The number of anilines is 1. The summed E-state index contributed by atoms with van der Waals surface area (Å²) in [4.78, 5) is 29.9. The summed E-state index contributed by atoms with van der Waals surface area (Å²) in [6.45, 7) is 1.34. The molecule has 3 N–H and O–H groups in total. The van der Waals surface area contributed by atoms with Crippen molar-refractivity contribution >= 4 is 17.6 Å². The van der Waals surface area contributed by atoms with Gasteiger partial charge in [-0.25, -0.2) is 9.78 Å². The van der Waals surface area contributed by atoms with Gasteiger partial charge in [-0.05, 0) is 37.1 Å². The van der Waals surface area contributed by atoms with Crippen molar-refractivity contribution in [3.8, 4) is 5.75 Å². The molecule has 0 aliphatic carbocycles. The summed E-state index contributed by atoms with van der Waals surface area (Å²) in [7, 11) is 1.60. The van der Waals surface area contributed by atoms with Gasteiger partial charge in [-0.3, -0.25) is 4.79 Å². The van der Waals surface area contributed by atoms with Crippen LogP contribution < -0.4 is 15.8 Å². The number of aromatic nitrogens is 2. The molecular formula is C18H23N5O3. The van der Waals surface area contributed by atoms with Crippen LogP contribution in [0.25, 0.3) is 0 Å². The molecule has 0 bridgehead atoms. The minimum Gasteiger partial charge on any atom is -0.497 e. The Morgan fingerprint density at radius 3 is 2.81 bits per heavy atom. The van der Waals surface area contributed by atoms with Crippen LogP contribution in [0.1, 0.15) is 24.6 Å². The topological polar surface area (TPSA) is 102 Å². The predicted molar refractivity (Wildman–Crippen MR) is 97.0 cm³/mol. The standard InChI is InChI=1S/C18H23N5O3/c1-26-15-6-4-14(5-7-15)21-18(25)23-9-2-3-13(11-23)17-20-8-10-22(17)12-16(19)24/h4-8,10,13H,2-3,9,11-12H2,1H3,(H2,19,24)(H,21,25)/t13-/m1/s1. The zero-order valence-electron chi connectivity index (χ0n) is 14.7. The molecule has 8 heteroatoms. The van der Waals surface area contributed by atoms with Crippen molar-refractivity contribution in [1.29, 1.82) is 0 Å². The third kappa shape index (κ3) is 4.14. The highest BCUT2D eigenvalue weighted by molar-refractivity contribution is 5.89. The summed E-state index contributed by atoms with van der Waals surface area (Å²) < 4.78 is 6.88. The van der Waals surface area contributed by atoms with E-state index in [1.54, 1.807) is 53.2 Å². The van der Waals surface area contributed by atoms with Gasteiger partial charge in [0.15, 0.2) is 0 Å². The number of carbonyl (C=O) groups is 2. The van der Waals surface area contributed by atoms with E-state index in [2.05, 4.69) is 10.3 Å². The summed E-state index contributed by atoms with van der Waals surface area (Å²) >= 11 is 0. The number of piperidine rings is 1. The van der Waals surface area contributed by atoms with E-state index >= 15 is 0 Å². The number of hydrogen-bond donors (Lipinski definition) is 2. The van der Waals surface area contributed by atoms with Gasteiger partial charge in [0.2, 0.25) is 5.91 Å². The summed E-state index contributed by atoms with van der Waals surface area (Å²) in [6, 6.07) is 7.06. The molecule has 1 aromatic heterocycles. The Hall–Kier alpha value is -3.03. The fourth-order valence-electron chi connectivity index (χ4n) is 3.23. The number of primary amides is 1. The monoisotopic (exact) mass is 357 g/mol. The number of hydrogen-bond acceptors (Lipinski definition) is 4. The van der Waals surface area contributed by atoms with E-state index in [1.807, 2.05) is 0 Å². The van der Waals surface area contributed by atoms with Gasteiger partial charge in [0.05, 0.1) is 7.11 Å². The minimum atomic E-state index is -0.408. The van der Waals surface area contributed by atoms with Crippen LogP contribution in [-0.2, 0) is 11.3 Å². The second-order valence-corrected chi connectivity index (χ2v) is 6.32. The van der Waals surface area contributed by atoms with E-state index in [0.29, 0.717) is 18.8 Å². The van der Waals surface area contributed by atoms with E-state index in [1.165, 1.54) is 0 Å². The number of nitrogens with two attached hydrogens (primary N) is 1. The Morgan fingerprint density at radius 1 is 1.35 bits per heavy atom. The smallest absolute Gasteiger partial charge is 0.321 e. The molecule has 8 nitrogen and oxygen atoms in total. The number of nitrogens with zero attached hydrogens (tertiary/aromatic N) is 3. The van der Waals surface area contributed by atoms with Gasteiger partial charge in [0.1, 0.15) is 18.1 Å². The molecular weight excluding hydrogens is 334 g/mol. The molecule has 26 heavy (non-hydrogen) atoms. The maximum Gasteiger partial charge on any atom is 0.321 e. The molecule has 3 rings (SSSR count). The Bertz CT molecular complexity index is 771. The Balaban J connectivity index is 1.65. The first-order valence-corrected chi connectivity index (χ1v) is 8.56. The lowest BCUT2D eigenvalue weighted by molar-refractivity contribution is -0.118. The number of urea groups is 1. The van der Waals surface area contributed by atoms with Crippen molar-refractivity contribution in [1.82, 2.24) is 14.5 Å². The van der Waals surface area contributed by atoms with Gasteiger partial charge in [-0.15, -0.1) is 0 Å². The first-order chi connectivity index (χ1) is 12.6. The van der Waals surface area contributed by atoms with E-state index < -0.39 is 5.91 Å². The van der Waals surface area contributed by atoms with Gasteiger partial charge in [0, 0.05) is 37.1 Å². The number of carbonyl (C=O) groups excluding carboxylic acids is 2. The normalized spacial score (nSPS) is 17.0. The summed E-state index contributed by atoms with van der Waals surface area (Å²) in [5, 5.41) is 2.91. The molecule has 0 spiro atoms. The van der Waals surface area contributed by atoms with Gasteiger partial charge >= 0.3 is 6.03 Å². The Kier molecular flexibility index (Phi) is 5.40. The highest BCUT2D eigenvalue weighted by atomic mass is 16.5. The SMILES string of the molecule is COc1ccc(NC(=O)N2CCC[C@@H](c3nccn3CC(N)=O)C2)cc1. The predicted octanol–water partition coefficient (Wildman–Crippen LogP) is 1.79. The largest absolute Gasteiger partial charge is 0.497 e. The third-order valence-electron chi connectivity index (χ3n) is 4.49. The fourth-order valence-corrected chi connectivity index (χ4v) is 3.23. The molecule has 3 amide bonds. The van der Waals surface area contributed by atoms with Gasteiger partial charge in [-0.2, -0.15) is 0 Å². The lowest BCUT2D eigenvalue weighted by Crippen LogP contribution is -2.42. The molecule has 1 fully saturated rings. The number of methoxy groups -OCH3 is 1. The number of benzene rings is 1. The Labute approximate surface area is 151 Å². The lowest BCUT2D eigenvalue weighted by atomic mass is 9.97. The van der Waals surface area contributed by atoms with E-state index in [-0.39, 0.29) is 18.5 Å². The minimum absolute atomic E-state index is 0.0831. The third-order valence-corrected chi connectivity index (χ3v) is 4.49.